The van der Waals surface area contributed by atoms with Gasteiger partial charge < -0.3 is 10.2 Å². The van der Waals surface area contributed by atoms with Crippen molar-refractivity contribution in [3.05, 3.63) is 48.0 Å². The average Bonchev–Trinajstić information content (AvgIpc) is 2.39. The molecule has 2 aromatic rings. The highest BCUT2D eigenvalue weighted by molar-refractivity contribution is 5.82. The maximum atomic E-state index is 8.99. The third-order valence-corrected chi connectivity index (χ3v) is 3.05. The highest BCUT2D eigenvalue weighted by Crippen LogP contribution is 2.16. The first kappa shape index (κ1) is 13.0. The standard InChI is InChI=1S/C15H19NO2/c17-9-7-16(8-10-18)12-13-5-6-14-3-1-2-4-15(14)11-13/h1-6,11,17-18H,7-10,12H2. The second-order valence-corrected chi connectivity index (χ2v) is 4.40. The SMILES string of the molecule is OCCN(CCO)Cc1ccc2ccccc2c1. The van der Waals surface area contributed by atoms with E-state index in [0.29, 0.717) is 13.1 Å². The largest absolute Gasteiger partial charge is 0.395 e. The number of benzene rings is 2. The molecule has 0 heterocycles. The van der Waals surface area contributed by atoms with Crippen LogP contribution in [0.2, 0.25) is 0 Å². The fourth-order valence-electron chi connectivity index (χ4n) is 2.15. The van der Waals surface area contributed by atoms with Gasteiger partial charge in [-0.05, 0) is 22.4 Å². The van der Waals surface area contributed by atoms with Gasteiger partial charge in [0.05, 0.1) is 13.2 Å². The van der Waals surface area contributed by atoms with Crippen LogP contribution < -0.4 is 0 Å². The van der Waals surface area contributed by atoms with Gasteiger partial charge in [-0.25, -0.2) is 0 Å². The number of aliphatic hydroxyl groups excluding tert-OH is 2. The van der Waals surface area contributed by atoms with Gasteiger partial charge in [0.1, 0.15) is 0 Å². The Balaban J connectivity index is 2.14. The quantitative estimate of drug-likeness (QED) is 0.813. The summed E-state index contributed by atoms with van der Waals surface area (Å²) < 4.78 is 0. The molecule has 0 amide bonds. The molecule has 0 spiro atoms. The Morgan fingerprint density at radius 1 is 0.833 bits per heavy atom. The molecule has 0 bridgehead atoms. The molecule has 18 heavy (non-hydrogen) atoms. The lowest BCUT2D eigenvalue weighted by molar-refractivity contribution is 0.156. The Morgan fingerprint density at radius 3 is 2.17 bits per heavy atom. The normalized spacial score (nSPS) is 11.3. The van der Waals surface area contributed by atoms with Gasteiger partial charge in [-0.15, -0.1) is 0 Å². The van der Waals surface area contributed by atoms with Crippen molar-refractivity contribution in [2.24, 2.45) is 0 Å². The summed E-state index contributed by atoms with van der Waals surface area (Å²) >= 11 is 0. The van der Waals surface area contributed by atoms with Crippen LogP contribution in [0.1, 0.15) is 5.56 Å². The molecule has 0 saturated carbocycles. The third kappa shape index (κ3) is 3.29. The van der Waals surface area contributed by atoms with Gasteiger partial charge in [-0.3, -0.25) is 4.90 Å². The van der Waals surface area contributed by atoms with E-state index < -0.39 is 0 Å². The number of aliphatic hydroxyl groups is 2. The molecule has 2 rings (SSSR count). The van der Waals surface area contributed by atoms with Gasteiger partial charge in [-0.2, -0.15) is 0 Å². The molecule has 3 heteroatoms. The summed E-state index contributed by atoms with van der Waals surface area (Å²) in [5, 5.41) is 20.4. The van der Waals surface area contributed by atoms with Crippen LogP contribution in [0.4, 0.5) is 0 Å². The van der Waals surface area contributed by atoms with Gasteiger partial charge in [-0.1, -0.05) is 36.4 Å². The molecule has 0 aliphatic rings. The van der Waals surface area contributed by atoms with Crippen molar-refractivity contribution in [3.63, 3.8) is 0 Å². The monoisotopic (exact) mass is 245 g/mol. The molecular formula is C15H19NO2. The van der Waals surface area contributed by atoms with Crippen molar-refractivity contribution in [1.82, 2.24) is 4.90 Å². The molecule has 3 nitrogen and oxygen atoms in total. The van der Waals surface area contributed by atoms with Gasteiger partial charge in [0.25, 0.3) is 0 Å². The fraction of sp³-hybridized carbons (Fsp3) is 0.333. The van der Waals surface area contributed by atoms with E-state index in [9.17, 15) is 0 Å². The van der Waals surface area contributed by atoms with Crippen molar-refractivity contribution in [3.8, 4) is 0 Å². The predicted molar refractivity (Wildman–Crippen MR) is 73.4 cm³/mol. The van der Waals surface area contributed by atoms with Crippen LogP contribution in [0.25, 0.3) is 10.8 Å². The molecule has 0 aliphatic carbocycles. The van der Waals surface area contributed by atoms with Crippen LogP contribution in [-0.2, 0) is 6.54 Å². The van der Waals surface area contributed by atoms with Gasteiger partial charge in [0.15, 0.2) is 0 Å². The van der Waals surface area contributed by atoms with Crippen LogP contribution in [0.15, 0.2) is 42.5 Å². The first-order chi connectivity index (χ1) is 8.83. The maximum absolute atomic E-state index is 8.99. The second kappa shape index (κ2) is 6.50. The van der Waals surface area contributed by atoms with Gasteiger partial charge in [0.2, 0.25) is 0 Å². The van der Waals surface area contributed by atoms with E-state index in [1.165, 1.54) is 16.3 Å². The minimum absolute atomic E-state index is 0.119. The zero-order valence-electron chi connectivity index (χ0n) is 10.4. The summed E-state index contributed by atoms with van der Waals surface area (Å²) in [5.41, 5.74) is 1.20. The van der Waals surface area contributed by atoms with E-state index in [2.05, 4.69) is 30.3 Å². The summed E-state index contributed by atoms with van der Waals surface area (Å²) in [4.78, 5) is 2.05. The molecule has 0 atom stereocenters. The van der Waals surface area contributed by atoms with E-state index in [0.717, 1.165) is 6.54 Å². The highest BCUT2D eigenvalue weighted by atomic mass is 16.3. The summed E-state index contributed by atoms with van der Waals surface area (Å²) in [7, 11) is 0. The maximum Gasteiger partial charge on any atom is 0.0558 e. The minimum atomic E-state index is 0.119. The molecule has 0 unspecified atom stereocenters. The average molecular weight is 245 g/mol. The Kier molecular flexibility index (Phi) is 4.70. The lowest BCUT2D eigenvalue weighted by atomic mass is 10.1. The van der Waals surface area contributed by atoms with Crippen LogP contribution in [0.5, 0.6) is 0 Å². The lowest BCUT2D eigenvalue weighted by Gasteiger charge is -2.20. The number of rotatable bonds is 6. The molecule has 0 fully saturated rings. The summed E-state index contributed by atoms with van der Waals surface area (Å²) in [5.74, 6) is 0. The van der Waals surface area contributed by atoms with Crippen molar-refractivity contribution >= 4 is 10.8 Å². The molecule has 96 valence electrons. The topological polar surface area (TPSA) is 43.7 Å². The zero-order chi connectivity index (χ0) is 12.8. The minimum Gasteiger partial charge on any atom is -0.395 e. The molecule has 0 saturated heterocycles. The summed E-state index contributed by atoms with van der Waals surface area (Å²) in [6.45, 7) is 2.17. The summed E-state index contributed by atoms with van der Waals surface area (Å²) in [6, 6.07) is 14.6. The number of hydrogen-bond donors (Lipinski definition) is 2. The Labute approximate surface area is 107 Å². The van der Waals surface area contributed by atoms with Crippen molar-refractivity contribution in [2.45, 2.75) is 6.54 Å². The fourth-order valence-corrected chi connectivity index (χ4v) is 2.15. The van der Waals surface area contributed by atoms with E-state index >= 15 is 0 Å². The zero-order valence-corrected chi connectivity index (χ0v) is 10.4. The molecular weight excluding hydrogens is 226 g/mol. The number of fused-ring (bicyclic) bond motifs is 1. The van der Waals surface area contributed by atoms with Gasteiger partial charge >= 0.3 is 0 Å². The van der Waals surface area contributed by atoms with Gasteiger partial charge in [0, 0.05) is 19.6 Å². The predicted octanol–water partition coefficient (Wildman–Crippen LogP) is 1.63. The van der Waals surface area contributed by atoms with Crippen molar-refractivity contribution in [2.75, 3.05) is 26.3 Å². The van der Waals surface area contributed by atoms with E-state index in [-0.39, 0.29) is 13.2 Å². The van der Waals surface area contributed by atoms with E-state index in [1.807, 2.05) is 17.0 Å². The van der Waals surface area contributed by atoms with Crippen molar-refractivity contribution < 1.29 is 10.2 Å². The van der Waals surface area contributed by atoms with E-state index in [1.54, 1.807) is 0 Å². The molecule has 2 aromatic carbocycles. The lowest BCUT2D eigenvalue weighted by Crippen LogP contribution is -2.29. The van der Waals surface area contributed by atoms with Crippen LogP contribution in [-0.4, -0.2) is 41.4 Å². The molecule has 0 aromatic heterocycles. The number of hydrogen-bond acceptors (Lipinski definition) is 3. The number of nitrogens with zero attached hydrogens (tertiary/aromatic N) is 1. The van der Waals surface area contributed by atoms with Crippen molar-refractivity contribution in [1.29, 1.82) is 0 Å². The first-order valence-electron chi connectivity index (χ1n) is 6.25. The Morgan fingerprint density at radius 2 is 1.50 bits per heavy atom. The highest BCUT2D eigenvalue weighted by Gasteiger charge is 2.05. The molecule has 2 N–H and O–H groups in total. The Bertz CT molecular complexity index is 493. The van der Waals surface area contributed by atoms with Crippen LogP contribution in [0.3, 0.4) is 0 Å². The molecule has 0 aliphatic heterocycles. The smallest absolute Gasteiger partial charge is 0.0558 e. The summed E-state index contributed by atoms with van der Waals surface area (Å²) in [6.07, 6.45) is 0. The molecule has 0 radical (unpaired) electrons. The van der Waals surface area contributed by atoms with Crippen LogP contribution in [0, 0.1) is 0 Å². The first-order valence-corrected chi connectivity index (χ1v) is 6.25. The second-order valence-electron chi connectivity index (χ2n) is 4.40. The van der Waals surface area contributed by atoms with E-state index in [4.69, 9.17) is 10.2 Å². The Hall–Kier alpha value is -1.42. The van der Waals surface area contributed by atoms with Crippen LogP contribution >= 0.6 is 0 Å². The third-order valence-electron chi connectivity index (χ3n) is 3.05.